The van der Waals surface area contributed by atoms with Crippen LogP contribution < -0.4 is 25.5 Å². The molecular weight excluding hydrogens is 605 g/mol. The van der Waals surface area contributed by atoms with Gasteiger partial charge < -0.3 is 18.8 Å². The molecule has 0 saturated carbocycles. The third-order valence-corrected chi connectivity index (χ3v) is 6.54. The molecule has 0 bridgehead atoms. The maximum Gasteiger partial charge on any atom is 0.573 e. The number of carbonyl (C=O) groups excluding carboxylic acids is 1. The van der Waals surface area contributed by atoms with E-state index in [-0.39, 0.29) is 34.6 Å². The molecule has 0 aliphatic rings. The monoisotopic (exact) mass is 634 g/mol. The second kappa shape index (κ2) is 12.4. The van der Waals surface area contributed by atoms with Crippen molar-refractivity contribution in [2.45, 2.75) is 39.3 Å². The zero-order valence-corrected chi connectivity index (χ0v) is 25.2. The highest BCUT2D eigenvalue weighted by Gasteiger charge is 2.32. The van der Waals surface area contributed by atoms with E-state index in [1.54, 1.807) is 32.9 Å². The van der Waals surface area contributed by atoms with Crippen LogP contribution in [0.1, 0.15) is 26.3 Å². The van der Waals surface area contributed by atoms with Crippen molar-refractivity contribution in [3.63, 3.8) is 0 Å². The number of benzene rings is 3. The van der Waals surface area contributed by atoms with Crippen molar-refractivity contribution < 1.29 is 32.2 Å². The minimum Gasteiger partial charge on any atom is -0.489 e. The Morgan fingerprint density at radius 1 is 0.848 bits per heavy atom. The number of nitrogens with zero attached hydrogens (tertiary/aromatic N) is 4. The van der Waals surface area contributed by atoms with E-state index in [0.717, 1.165) is 27.3 Å². The summed E-state index contributed by atoms with van der Waals surface area (Å²) in [7, 11) is 1.51. The van der Waals surface area contributed by atoms with Crippen molar-refractivity contribution in [1.29, 1.82) is 0 Å². The number of amides is 1. The first kappa shape index (κ1) is 31.8. The summed E-state index contributed by atoms with van der Waals surface area (Å²) in [6.07, 6.45) is -4.37. The molecule has 5 aromatic rings. The fourth-order valence-corrected chi connectivity index (χ4v) is 4.52. The summed E-state index contributed by atoms with van der Waals surface area (Å²) in [5.41, 5.74) is -1.37. The fraction of sp³-hybridized carbons (Fsp3) is 0.212. The molecule has 10 nitrogen and oxygen atoms in total. The highest BCUT2D eigenvalue weighted by molar-refractivity contribution is 6.04. The minimum atomic E-state index is -4.91. The standard InChI is InChI=1S/C33H29F3N4O6/c1-32(2,3)46-31(43)39(27-11-8-18-38(4)30(27)42)28-26-19-24(44-20-21-9-6-5-7-10-21)16-17-25(26)29(41)40(37-28)22-12-14-23(15-13-22)45-33(34,35)36/h5-19H,20H2,1-4H3. The lowest BCUT2D eigenvalue weighted by atomic mass is 10.1. The van der Waals surface area contributed by atoms with Crippen LogP contribution in [0.2, 0.25) is 0 Å². The molecule has 5 rings (SSSR count). The maximum atomic E-state index is 13.8. The van der Waals surface area contributed by atoms with E-state index < -0.39 is 34.9 Å². The lowest BCUT2D eigenvalue weighted by Gasteiger charge is -2.27. The van der Waals surface area contributed by atoms with Crippen LogP contribution in [-0.4, -0.2) is 32.4 Å². The van der Waals surface area contributed by atoms with Crippen molar-refractivity contribution in [2.75, 3.05) is 4.90 Å². The minimum absolute atomic E-state index is 0.0668. The Morgan fingerprint density at radius 2 is 1.52 bits per heavy atom. The number of hydrogen-bond acceptors (Lipinski definition) is 7. The number of anilines is 2. The number of pyridine rings is 1. The lowest BCUT2D eigenvalue weighted by Crippen LogP contribution is -2.39. The van der Waals surface area contributed by atoms with Crippen LogP contribution in [0.15, 0.2) is 101 Å². The smallest absolute Gasteiger partial charge is 0.489 e. The molecule has 3 aromatic carbocycles. The number of alkyl halides is 3. The molecule has 0 N–H and O–H groups in total. The van der Waals surface area contributed by atoms with Gasteiger partial charge in [0.1, 0.15) is 29.4 Å². The Kier molecular flexibility index (Phi) is 8.59. The molecule has 13 heteroatoms. The summed E-state index contributed by atoms with van der Waals surface area (Å²) in [4.78, 5) is 42.0. The van der Waals surface area contributed by atoms with E-state index in [2.05, 4.69) is 9.84 Å². The van der Waals surface area contributed by atoms with Crippen molar-refractivity contribution in [1.82, 2.24) is 14.3 Å². The summed E-state index contributed by atoms with van der Waals surface area (Å²) in [5, 5.41) is 4.73. The van der Waals surface area contributed by atoms with Gasteiger partial charge in [0.05, 0.1) is 11.1 Å². The zero-order valence-electron chi connectivity index (χ0n) is 25.2. The van der Waals surface area contributed by atoms with Crippen LogP contribution >= 0.6 is 0 Å². The molecule has 0 aliphatic heterocycles. The molecule has 0 unspecified atom stereocenters. The molecule has 0 atom stereocenters. The second-order valence-corrected chi connectivity index (χ2v) is 11.2. The maximum absolute atomic E-state index is 13.8. The predicted octanol–water partition coefficient (Wildman–Crippen LogP) is 6.64. The van der Waals surface area contributed by atoms with Gasteiger partial charge in [-0.2, -0.15) is 4.68 Å². The van der Waals surface area contributed by atoms with E-state index >= 15 is 0 Å². The number of aryl methyl sites for hydroxylation is 1. The van der Waals surface area contributed by atoms with Crippen LogP contribution in [0.3, 0.4) is 0 Å². The Morgan fingerprint density at radius 3 is 2.17 bits per heavy atom. The number of fused-ring (bicyclic) bond motifs is 1. The molecule has 0 aliphatic carbocycles. The molecule has 0 radical (unpaired) electrons. The first-order chi connectivity index (χ1) is 21.7. The largest absolute Gasteiger partial charge is 0.573 e. The number of rotatable bonds is 7. The highest BCUT2D eigenvalue weighted by Crippen LogP contribution is 2.33. The number of hydrogen-bond donors (Lipinski definition) is 0. The fourth-order valence-electron chi connectivity index (χ4n) is 4.52. The van der Waals surface area contributed by atoms with Crippen molar-refractivity contribution in [2.24, 2.45) is 7.05 Å². The first-order valence-corrected chi connectivity index (χ1v) is 14.0. The third-order valence-electron chi connectivity index (χ3n) is 6.54. The summed E-state index contributed by atoms with van der Waals surface area (Å²) in [5.74, 6) is -0.322. The average Bonchev–Trinajstić information content (AvgIpc) is 2.99. The van der Waals surface area contributed by atoms with Gasteiger partial charge in [0.25, 0.3) is 11.1 Å². The summed E-state index contributed by atoms with van der Waals surface area (Å²) in [6.45, 7) is 5.16. The normalized spacial score (nSPS) is 11.7. The molecule has 0 spiro atoms. The summed E-state index contributed by atoms with van der Waals surface area (Å²) in [6, 6.07) is 21.4. The highest BCUT2D eigenvalue weighted by atomic mass is 19.4. The van der Waals surface area contributed by atoms with Gasteiger partial charge in [0.15, 0.2) is 5.82 Å². The quantitative estimate of drug-likeness (QED) is 0.198. The van der Waals surface area contributed by atoms with Gasteiger partial charge in [0.2, 0.25) is 0 Å². The van der Waals surface area contributed by atoms with Crippen LogP contribution in [0, 0.1) is 0 Å². The van der Waals surface area contributed by atoms with E-state index in [0.29, 0.717) is 5.75 Å². The van der Waals surface area contributed by atoms with E-state index in [4.69, 9.17) is 9.47 Å². The molecule has 238 valence electrons. The lowest BCUT2D eigenvalue weighted by molar-refractivity contribution is -0.274. The van der Waals surface area contributed by atoms with Crippen LogP contribution in [-0.2, 0) is 18.4 Å². The SMILES string of the molecule is Cn1cccc(N(C(=O)OC(C)(C)C)c2nn(-c3ccc(OC(F)(F)F)cc3)c(=O)c3ccc(OCc4ccccc4)cc23)c1=O. The number of aromatic nitrogens is 3. The molecule has 2 heterocycles. The summed E-state index contributed by atoms with van der Waals surface area (Å²) >= 11 is 0. The molecule has 2 aromatic heterocycles. The number of ether oxygens (including phenoxy) is 3. The van der Waals surface area contributed by atoms with Crippen molar-refractivity contribution in [3.05, 3.63) is 117 Å². The molecule has 46 heavy (non-hydrogen) atoms. The Bertz CT molecular complexity index is 2000. The van der Waals surface area contributed by atoms with E-state index in [9.17, 15) is 27.6 Å². The van der Waals surface area contributed by atoms with Crippen molar-refractivity contribution in [3.8, 4) is 17.2 Å². The molecule has 0 fully saturated rings. The Hall–Kier alpha value is -5.59. The van der Waals surface area contributed by atoms with Gasteiger partial charge >= 0.3 is 12.5 Å². The third kappa shape index (κ3) is 7.20. The number of halogens is 3. The predicted molar refractivity (Wildman–Crippen MR) is 165 cm³/mol. The van der Waals surface area contributed by atoms with Gasteiger partial charge in [-0.25, -0.2) is 9.69 Å². The van der Waals surface area contributed by atoms with Gasteiger partial charge in [0, 0.05) is 18.6 Å². The van der Waals surface area contributed by atoms with Crippen LogP contribution in [0.4, 0.5) is 29.5 Å². The van der Waals surface area contributed by atoms with Gasteiger partial charge in [-0.3, -0.25) is 9.59 Å². The zero-order chi connectivity index (χ0) is 33.2. The van der Waals surface area contributed by atoms with Crippen LogP contribution in [0.25, 0.3) is 16.5 Å². The Labute approximate surface area is 260 Å². The first-order valence-electron chi connectivity index (χ1n) is 14.0. The molecule has 1 amide bonds. The van der Waals surface area contributed by atoms with Gasteiger partial charge in [-0.05, 0) is 80.9 Å². The summed E-state index contributed by atoms with van der Waals surface area (Å²) < 4.78 is 56.1. The Balaban J connectivity index is 1.74. The van der Waals surface area contributed by atoms with Gasteiger partial charge in [-0.15, -0.1) is 18.3 Å². The van der Waals surface area contributed by atoms with Crippen LogP contribution in [0.5, 0.6) is 11.5 Å². The second-order valence-electron chi connectivity index (χ2n) is 11.2. The molecule has 0 saturated heterocycles. The number of carbonyl (C=O) groups is 1. The van der Waals surface area contributed by atoms with Gasteiger partial charge in [-0.1, -0.05) is 30.3 Å². The van der Waals surface area contributed by atoms with E-state index in [1.807, 2.05) is 30.3 Å². The average molecular weight is 635 g/mol. The van der Waals surface area contributed by atoms with E-state index in [1.165, 1.54) is 48.1 Å². The topological polar surface area (TPSA) is 105 Å². The molecular formula is C33H29F3N4O6. The van der Waals surface area contributed by atoms with Crippen molar-refractivity contribution >= 4 is 28.4 Å².